The van der Waals surface area contributed by atoms with Crippen LogP contribution < -0.4 is 0 Å². The maximum absolute atomic E-state index is 12.1. The van der Waals surface area contributed by atoms with E-state index in [9.17, 15) is 8.42 Å². The Morgan fingerprint density at radius 2 is 2.35 bits per heavy atom. The molecular formula is C9H9ClN2O3S2. The highest BCUT2D eigenvalue weighted by Gasteiger charge is 2.23. The Bertz CT molecular complexity index is 592. The lowest BCUT2D eigenvalue weighted by atomic mass is 10.3. The standard InChI is InChI=1S/C9H9ClN2O3S2/c1-12(5-7-2-3-15-6-7)17(13,14)8-4-11-9(10)16-8/h2-4,6H,5H2,1H3. The molecule has 2 aromatic rings. The number of hydrogen-bond donors (Lipinski definition) is 0. The highest BCUT2D eigenvalue weighted by atomic mass is 35.5. The number of thiazole rings is 1. The predicted octanol–water partition coefficient (Wildman–Crippen LogP) is 2.21. The largest absolute Gasteiger partial charge is 0.472 e. The molecule has 0 unspecified atom stereocenters. The molecule has 0 amide bonds. The molecule has 0 aromatic carbocycles. The van der Waals surface area contributed by atoms with E-state index in [0.717, 1.165) is 16.9 Å². The van der Waals surface area contributed by atoms with E-state index in [1.807, 2.05) is 0 Å². The summed E-state index contributed by atoms with van der Waals surface area (Å²) in [5.74, 6) is 0. The van der Waals surface area contributed by atoms with E-state index in [2.05, 4.69) is 4.98 Å². The number of nitrogens with zero attached hydrogens (tertiary/aromatic N) is 2. The van der Waals surface area contributed by atoms with E-state index in [1.165, 1.54) is 30.1 Å². The molecule has 0 atom stereocenters. The molecule has 2 aromatic heterocycles. The van der Waals surface area contributed by atoms with Crippen molar-refractivity contribution in [3.05, 3.63) is 34.8 Å². The number of hydrogen-bond acceptors (Lipinski definition) is 5. The highest BCUT2D eigenvalue weighted by Crippen LogP contribution is 2.25. The van der Waals surface area contributed by atoms with Crippen LogP contribution in [0.2, 0.25) is 4.47 Å². The number of sulfonamides is 1. The molecule has 0 N–H and O–H groups in total. The monoisotopic (exact) mass is 292 g/mol. The molecule has 0 saturated heterocycles. The minimum absolute atomic E-state index is 0.133. The van der Waals surface area contributed by atoms with Crippen LogP contribution in [-0.4, -0.2) is 24.8 Å². The van der Waals surface area contributed by atoms with E-state index in [-0.39, 0.29) is 15.2 Å². The van der Waals surface area contributed by atoms with Crippen molar-refractivity contribution in [2.45, 2.75) is 10.8 Å². The van der Waals surface area contributed by atoms with Crippen LogP contribution >= 0.6 is 22.9 Å². The van der Waals surface area contributed by atoms with Crippen LogP contribution in [0.5, 0.6) is 0 Å². The van der Waals surface area contributed by atoms with Crippen molar-refractivity contribution in [2.24, 2.45) is 0 Å². The average Bonchev–Trinajstić information content (AvgIpc) is 2.89. The van der Waals surface area contributed by atoms with Crippen molar-refractivity contribution < 1.29 is 12.8 Å². The van der Waals surface area contributed by atoms with Crippen LogP contribution in [0.4, 0.5) is 0 Å². The summed E-state index contributed by atoms with van der Waals surface area (Å²) in [5, 5.41) is 0. The third-order valence-electron chi connectivity index (χ3n) is 2.11. The third kappa shape index (κ3) is 2.68. The molecule has 2 heterocycles. The fraction of sp³-hybridized carbons (Fsp3) is 0.222. The van der Waals surface area contributed by atoms with Gasteiger partial charge in [-0.3, -0.25) is 0 Å². The Kier molecular flexibility index (Phi) is 3.53. The van der Waals surface area contributed by atoms with Gasteiger partial charge in [-0.1, -0.05) is 22.9 Å². The van der Waals surface area contributed by atoms with Crippen molar-refractivity contribution in [1.29, 1.82) is 0 Å². The van der Waals surface area contributed by atoms with Crippen molar-refractivity contribution in [2.75, 3.05) is 7.05 Å². The van der Waals surface area contributed by atoms with Gasteiger partial charge < -0.3 is 4.42 Å². The van der Waals surface area contributed by atoms with Crippen molar-refractivity contribution in [1.82, 2.24) is 9.29 Å². The first-order valence-corrected chi connectivity index (χ1v) is 7.22. The van der Waals surface area contributed by atoms with Gasteiger partial charge in [0.2, 0.25) is 0 Å². The lowest BCUT2D eigenvalue weighted by molar-refractivity contribution is 0.465. The summed E-state index contributed by atoms with van der Waals surface area (Å²) in [6.45, 7) is 0.244. The molecular weight excluding hydrogens is 284 g/mol. The van der Waals surface area contributed by atoms with E-state index in [4.69, 9.17) is 16.0 Å². The maximum atomic E-state index is 12.1. The van der Waals surface area contributed by atoms with Gasteiger partial charge in [0.05, 0.1) is 18.7 Å². The first-order valence-electron chi connectivity index (χ1n) is 4.59. The Hall–Kier alpha value is -0.890. The van der Waals surface area contributed by atoms with Crippen molar-refractivity contribution in [3.8, 4) is 0 Å². The smallest absolute Gasteiger partial charge is 0.254 e. The molecule has 8 heteroatoms. The van der Waals surface area contributed by atoms with Crippen molar-refractivity contribution >= 4 is 33.0 Å². The summed E-state index contributed by atoms with van der Waals surface area (Å²) >= 11 is 6.56. The van der Waals surface area contributed by atoms with E-state index < -0.39 is 10.0 Å². The second kappa shape index (κ2) is 4.77. The van der Waals surface area contributed by atoms with Gasteiger partial charge in [0.1, 0.15) is 0 Å². The van der Waals surface area contributed by atoms with E-state index in [1.54, 1.807) is 6.07 Å². The Morgan fingerprint density at radius 1 is 1.59 bits per heavy atom. The molecule has 0 bridgehead atoms. The zero-order valence-corrected chi connectivity index (χ0v) is 11.2. The first kappa shape index (κ1) is 12.6. The third-order valence-corrected chi connectivity index (χ3v) is 5.46. The van der Waals surface area contributed by atoms with E-state index >= 15 is 0 Å². The summed E-state index contributed by atoms with van der Waals surface area (Å²) in [7, 11) is -2.04. The zero-order valence-electron chi connectivity index (χ0n) is 8.83. The average molecular weight is 293 g/mol. The molecule has 2 rings (SSSR count). The predicted molar refractivity (Wildman–Crippen MR) is 64.5 cm³/mol. The van der Waals surface area contributed by atoms with Gasteiger partial charge in [0.15, 0.2) is 8.68 Å². The molecule has 0 aliphatic carbocycles. The molecule has 0 fully saturated rings. The molecule has 92 valence electrons. The van der Waals surface area contributed by atoms with Gasteiger partial charge in [-0.2, -0.15) is 4.31 Å². The number of furan rings is 1. The fourth-order valence-corrected chi connectivity index (χ4v) is 3.90. The lowest BCUT2D eigenvalue weighted by Gasteiger charge is -2.14. The summed E-state index contributed by atoms with van der Waals surface area (Å²) in [6, 6.07) is 1.71. The molecule has 0 aliphatic heterocycles. The van der Waals surface area contributed by atoms with Gasteiger partial charge in [-0.25, -0.2) is 13.4 Å². The second-order valence-electron chi connectivity index (χ2n) is 3.32. The molecule has 0 radical (unpaired) electrons. The van der Waals surface area contributed by atoms with Crippen LogP contribution in [0, 0.1) is 0 Å². The zero-order chi connectivity index (χ0) is 12.5. The van der Waals surface area contributed by atoms with Crippen LogP contribution in [-0.2, 0) is 16.6 Å². The highest BCUT2D eigenvalue weighted by molar-refractivity contribution is 7.91. The van der Waals surface area contributed by atoms with Crippen LogP contribution in [0.3, 0.4) is 0 Å². The number of halogens is 1. The lowest BCUT2D eigenvalue weighted by Crippen LogP contribution is -2.25. The van der Waals surface area contributed by atoms with Crippen LogP contribution in [0.25, 0.3) is 0 Å². The molecule has 0 saturated carbocycles. The number of aromatic nitrogens is 1. The topological polar surface area (TPSA) is 63.4 Å². The Morgan fingerprint density at radius 3 is 2.88 bits per heavy atom. The van der Waals surface area contributed by atoms with E-state index in [0.29, 0.717) is 0 Å². The normalized spacial score (nSPS) is 12.2. The van der Waals surface area contributed by atoms with Gasteiger partial charge in [0.25, 0.3) is 10.0 Å². The second-order valence-corrected chi connectivity index (χ2v) is 7.21. The number of rotatable bonds is 4. The molecule has 17 heavy (non-hydrogen) atoms. The van der Waals surface area contributed by atoms with Gasteiger partial charge >= 0.3 is 0 Å². The first-order chi connectivity index (χ1) is 8.00. The van der Waals surface area contributed by atoms with Crippen LogP contribution in [0.15, 0.2) is 33.4 Å². The summed E-state index contributed by atoms with van der Waals surface area (Å²) in [6.07, 6.45) is 4.26. The van der Waals surface area contributed by atoms with Gasteiger partial charge in [-0.05, 0) is 6.07 Å². The maximum Gasteiger partial charge on any atom is 0.254 e. The summed E-state index contributed by atoms with van der Waals surface area (Å²) < 4.78 is 30.6. The van der Waals surface area contributed by atoms with Crippen molar-refractivity contribution in [3.63, 3.8) is 0 Å². The Labute approximate surface area is 108 Å². The minimum Gasteiger partial charge on any atom is -0.472 e. The summed E-state index contributed by atoms with van der Waals surface area (Å²) in [4.78, 5) is 3.72. The fourth-order valence-electron chi connectivity index (χ4n) is 1.24. The molecule has 5 nitrogen and oxygen atoms in total. The quantitative estimate of drug-likeness (QED) is 0.867. The van der Waals surface area contributed by atoms with Crippen LogP contribution in [0.1, 0.15) is 5.56 Å². The molecule has 0 aliphatic rings. The molecule has 0 spiro atoms. The SMILES string of the molecule is CN(Cc1ccoc1)S(=O)(=O)c1cnc(Cl)s1. The Balaban J connectivity index is 2.21. The minimum atomic E-state index is -3.53. The summed E-state index contributed by atoms with van der Waals surface area (Å²) in [5.41, 5.74) is 0.784. The van der Waals surface area contributed by atoms with Gasteiger partial charge in [-0.15, -0.1) is 0 Å². The van der Waals surface area contributed by atoms with Gasteiger partial charge in [0, 0.05) is 19.2 Å².